The number of hydrogen-bond donors (Lipinski definition) is 3. The summed E-state index contributed by atoms with van der Waals surface area (Å²) in [6.07, 6.45) is 0.716. The lowest BCUT2D eigenvalue weighted by atomic mass is 9.93. The van der Waals surface area contributed by atoms with E-state index in [4.69, 9.17) is 10.5 Å². The second kappa shape index (κ2) is 6.17. The fourth-order valence-corrected chi connectivity index (χ4v) is 4.65. The number of sulfonamides is 1. The maximum Gasteiger partial charge on any atom is 0.242 e. The van der Waals surface area contributed by atoms with E-state index in [1.165, 1.54) is 0 Å². The van der Waals surface area contributed by atoms with Crippen LogP contribution < -0.4 is 10.5 Å². The van der Waals surface area contributed by atoms with Crippen LogP contribution >= 0.6 is 15.9 Å². The summed E-state index contributed by atoms with van der Waals surface area (Å²) in [7, 11) is -3.96. The van der Waals surface area contributed by atoms with Gasteiger partial charge in [-0.25, -0.2) is 17.5 Å². The summed E-state index contributed by atoms with van der Waals surface area (Å²) in [4.78, 5) is -0.166. The Labute approximate surface area is 130 Å². The Morgan fingerprint density at radius 2 is 2.05 bits per heavy atom. The van der Waals surface area contributed by atoms with Crippen molar-refractivity contribution in [3.63, 3.8) is 0 Å². The molecule has 0 spiro atoms. The Bertz CT molecular complexity index is 632. The predicted octanol–water partition coefficient (Wildman–Crippen LogP) is 0.990. The molecular formula is C12H16BrFN2O4S. The van der Waals surface area contributed by atoms with Crippen LogP contribution in [0.4, 0.5) is 10.1 Å². The standard InChI is InChI=1S/C12H16BrFN2O4S/c13-8-5-9(14)10(15)6-11(8)21(18,19)16-12(7-17)1-3-20-4-2-12/h5-6,16-17H,1-4,7,15H2. The van der Waals surface area contributed by atoms with Crippen LogP contribution in [0.5, 0.6) is 0 Å². The van der Waals surface area contributed by atoms with E-state index < -0.39 is 21.4 Å². The summed E-state index contributed by atoms with van der Waals surface area (Å²) in [5.41, 5.74) is 4.19. The highest BCUT2D eigenvalue weighted by Crippen LogP contribution is 2.29. The Morgan fingerprint density at radius 3 is 2.62 bits per heavy atom. The summed E-state index contributed by atoms with van der Waals surface area (Å²) in [6.45, 7) is 0.371. The quantitative estimate of drug-likeness (QED) is 0.674. The Hall–Kier alpha value is -0.740. The van der Waals surface area contributed by atoms with Gasteiger partial charge >= 0.3 is 0 Å². The molecule has 21 heavy (non-hydrogen) atoms. The van der Waals surface area contributed by atoms with Crippen molar-refractivity contribution in [2.24, 2.45) is 0 Å². The molecule has 0 radical (unpaired) electrons. The van der Waals surface area contributed by atoms with Crippen molar-refractivity contribution in [1.82, 2.24) is 4.72 Å². The number of ether oxygens (including phenoxy) is 1. The van der Waals surface area contributed by atoms with Crippen molar-refractivity contribution >= 4 is 31.6 Å². The van der Waals surface area contributed by atoms with E-state index in [0.29, 0.717) is 26.1 Å². The molecule has 1 aromatic rings. The van der Waals surface area contributed by atoms with Crippen molar-refractivity contribution in [1.29, 1.82) is 0 Å². The molecule has 0 unspecified atom stereocenters. The van der Waals surface area contributed by atoms with E-state index in [2.05, 4.69) is 20.7 Å². The first-order chi connectivity index (χ1) is 9.80. The molecular weight excluding hydrogens is 367 g/mol. The highest BCUT2D eigenvalue weighted by Gasteiger charge is 2.37. The van der Waals surface area contributed by atoms with Crippen LogP contribution in [0.25, 0.3) is 0 Å². The van der Waals surface area contributed by atoms with Gasteiger partial charge in [0.1, 0.15) is 5.82 Å². The monoisotopic (exact) mass is 382 g/mol. The van der Waals surface area contributed by atoms with Gasteiger partial charge in [-0.1, -0.05) is 0 Å². The average molecular weight is 383 g/mol. The van der Waals surface area contributed by atoms with E-state index in [-0.39, 0.29) is 21.7 Å². The maximum atomic E-state index is 13.3. The Kier molecular flexibility index (Phi) is 4.89. The molecule has 9 heteroatoms. The van der Waals surface area contributed by atoms with Crippen molar-refractivity contribution in [3.05, 3.63) is 22.4 Å². The maximum absolute atomic E-state index is 13.3. The zero-order valence-electron chi connectivity index (χ0n) is 11.1. The second-order valence-corrected chi connectivity index (χ2v) is 7.47. The smallest absolute Gasteiger partial charge is 0.242 e. The minimum atomic E-state index is -3.96. The molecule has 0 saturated carbocycles. The highest BCUT2D eigenvalue weighted by atomic mass is 79.9. The number of benzene rings is 1. The van der Waals surface area contributed by atoms with Crippen LogP contribution in [0.15, 0.2) is 21.5 Å². The number of aliphatic hydroxyl groups excluding tert-OH is 1. The van der Waals surface area contributed by atoms with Crippen LogP contribution in [0.2, 0.25) is 0 Å². The number of anilines is 1. The van der Waals surface area contributed by atoms with Gasteiger partial charge in [0, 0.05) is 17.7 Å². The molecule has 6 nitrogen and oxygen atoms in total. The Morgan fingerprint density at radius 1 is 1.43 bits per heavy atom. The minimum absolute atomic E-state index is 0.0712. The average Bonchev–Trinajstić information content (AvgIpc) is 2.43. The van der Waals surface area contributed by atoms with Gasteiger partial charge in [0.05, 0.1) is 22.7 Å². The molecule has 1 aliphatic heterocycles. The fourth-order valence-electron chi connectivity index (χ4n) is 2.15. The molecule has 1 aliphatic rings. The molecule has 1 fully saturated rings. The van der Waals surface area contributed by atoms with Gasteiger partial charge < -0.3 is 15.6 Å². The molecule has 1 heterocycles. The number of rotatable bonds is 4. The summed E-state index contributed by atoms with van der Waals surface area (Å²) < 4.78 is 46.0. The zero-order chi connectivity index (χ0) is 15.7. The second-order valence-electron chi connectivity index (χ2n) is 4.96. The van der Waals surface area contributed by atoms with Gasteiger partial charge in [-0.2, -0.15) is 0 Å². The predicted molar refractivity (Wildman–Crippen MR) is 78.7 cm³/mol. The molecule has 0 atom stereocenters. The molecule has 0 aromatic heterocycles. The molecule has 0 bridgehead atoms. The highest BCUT2D eigenvalue weighted by molar-refractivity contribution is 9.10. The van der Waals surface area contributed by atoms with E-state index in [1.807, 2.05) is 0 Å². The summed E-state index contributed by atoms with van der Waals surface area (Å²) in [6, 6.07) is 2.05. The van der Waals surface area contributed by atoms with E-state index in [9.17, 15) is 17.9 Å². The summed E-state index contributed by atoms with van der Waals surface area (Å²) in [5, 5.41) is 9.54. The lowest BCUT2D eigenvalue weighted by molar-refractivity contribution is 0.0223. The topological polar surface area (TPSA) is 102 Å². The first-order valence-electron chi connectivity index (χ1n) is 6.27. The van der Waals surface area contributed by atoms with E-state index >= 15 is 0 Å². The minimum Gasteiger partial charge on any atom is -0.396 e. The molecule has 1 aromatic carbocycles. The van der Waals surface area contributed by atoms with Crippen LogP contribution in [0, 0.1) is 5.82 Å². The molecule has 1 saturated heterocycles. The Balaban J connectivity index is 2.36. The van der Waals surface area contributed by atoms with Gasteiger partial charge in [-0.3, -0.25) is 0 Å². The van der Waals surface area contributed by atoms with Gasteiger partial charge in [-0.15, -0.1) is 0 Å². The van der Waals surface area contributed by atoms with Crippen molar-refractivity contribution in [2.75, 3.05) is 25.6 Å². The number of nitrogens with one attached hydrogen (secondary N) is 1. The summed E-state index contributed by atoms with van der Waals surface area (Å²) >= 11 is 3.02. The van der Waals surface area contributed by atoms with E-state index in [1.54, 1.807) is 0 Å². The number of hydrogen-bond acceptors (Lipinski definition) is 5. The van der Waals surface area contributed by atoms with Crippen LogP contribution in [-0.2, 0) is 14.8 Å². The van der Waals surface area contributed by atoms with Crippen LogP contribution in [-0.4, -0.2) is 38.9 Å². The molecule has 118 valence electrons. The molecule has 4 N–H and O–H groups in total. The van der Waals surface area contributed by atoms with Gasteiger partial charge in [0.2, 0.25) is 10.0 Å². The lowest BCUT2D eigenvalue weighted by Crippen LogP contribution is -2.54. The number of nitrogen functional groups attached to an aromatic ring is 1. The van der Waals surface area contributed by atoms with Crippen LogP contribution in [0.1, 0.15) is 12.8 Å². The van der Waals surface area contributed by atoms with Crippen molar-refractivity contribution in [2.45, 2.75) is 23.3 Å². The van der Waals surface area contributed by atoms with Crippen molar-refractivity contribution in [3.8, 4) is 0 Å². The third-order valence-electron chi connectivity index (χ3n) is 3.44. The number of aliphatic hydroxyl groups is 1. The van der Waals surface area contributed by atoms with Crippen LogP contribution in [0.3, 0.4) is 0 Å². The van der Waals surface area contributed by atoms with Gasteiger partial charge in [0.25, 0.3) is 0 Å². The first kappa shape index (κ1) is 16.6. The molecule has 2 rings (SSSR count). The van der Waals surface area contributed by atoms with Gasteiger partial charge in [0.15, 0.2) is 0 Å². The molecule has 0 amide bonds. The summed E-state index contributed by atoms with van der Waals surface area (Å²) in [5.74, 6) is -0.705. The number of halogens is 2. The normalized spacial score (nSPS) is 18.6. The van der Waals surface area contributed by atoms with E-state index in [0.717, 1.165) is 12.1 Å². The number of nitrogens with two attached hydrogens (primary N) is 1. The molecule has 0 aliphatic carbocycles. The zero-order valence-corrected chi connectivity index (χ0v) is 13.5. The SMILES string of the molecule is Nc1cc(S(=O)(=O)NC2(CO)CCOCC2)c(Br)cc1F. The third-order valence-corrected chi connectivity index (χ3v) is 5.98. The van der Waals surface area contributed by atoms with Gasteiger partial charge in [-0.05, 0) is 40.9 Å². The lowest BCUT2D eigenvalue weighted by Gasteiger charge is -2.35. The fraction of sp³-hybridized carbons (Fsp3) is 0.500. The van der Waals surface area contributed by atoms with Crippen molar-refractivity contribution < 1.29 is 22.7 Å². The third kappa shape index (κ3) is 3.54. The largest absolute Gasteiger partial charge is 0.396 e. The first-order valence-corrected chi connectivity index (χ1v) is 8.54.